The molecule has 1 aromatic heterocycles. The largest absolute Gasteiger partial charge is 0.383 e. The summed E-state index contributed by atoms with van der Waals surface area (Å²) in [6, 6.07) is 4.50. The molecule has 1 atom stereocenters. The van der Waals surface area contributed by atoms with Crippen LogP contribution < -0.4 is 5.32 Å². The quantitative estimate of drug-likeness (QED) is 0.738. The SMILES string of the molecule is COCC(CNCC(C)C)N(C)Cc1ccncc1. The molecule has 1 aromatic rings. The molecular weight excluding hydrogens is 238 g/mol. The first-order valence-corrected chi connectivity index (χ1v) is 6.92. The van der Waals surface area contributed by atoms with Gasteiger partial charge in [-0.3, -0.25) is 9.88 Å². The predicted octanol–water partition coefficient (Wildman–Crippen LogP) is 1.77. The van der Waals surface area contributed by atoms with E-state index in [-0.39, 0.29) is 0 Å². The minimum absolute atomic E-state index is 0.386. The second-order valence-electron chi connectivity index (χ2n) is 5.43. The lowest BCUT2D eigenvalue weighted by Crippen LogP contribution is -2.43. The smallest absolute Gasteiger partial charge is 0.0630 e. The van der Waals surface area contributed by atoms with Crippen LogP contribution in [-0.2, 0) is 11.3 Å². The van der Waals surface area contributed by atoms with Gasteiger partial charge in [-0.15, -0.1) is 0 Å². The zero-order valence-corrected chi connectivity index (χ0v) is 12.6. The Morgan fingerprint density at radius 2 is 1.95 bits per heavy atom. The molecule has 4 heteroatoms. The summed E-state index contributed by atoms with van der Waals surface area (Å²) in [7, 11) is 3.90. The first-order valence-electron chi connectivity index (χ1n) is 6.92. The fourth-order valence-corrected chi connectivity index (χ4v) is 1.98. The number of methoxy groups -OCH3 is 1. The van der Waals surface area contributed by atoms with Crippen LogP contribution in [0.2, 0.25) is 0 Å². The number of pyridine rings is 1. The van der Waals surface area contributed by atoms with Crippen LogP contribution in [0.3, 0.4) is 0 Å². The topological polar surface area (TPSA) is 37.4 Å². The molecule has 1 rings (SSSR count). The first-order chi connectivity index (χ1) is 9.13. The zero-order valence-electron chi connectivity index (χ0n) is 12.6. The third-order valence-corrected chi connectivity index (χ3v) is 3.10. The van der Waals surface area contributed by atoms with Crippen LogP contribution in [0.1, 0.15) is 19.4 Å². The highest BCUT2D eigenvalue weighted by molar-refractivity contribution is 5.09. The molecule has 4 nitrogen and oxygen atoms in total. The summed E-state index contributed by atoms with van der Waals surface area (Å²) in [5.74, 6) is 0.675. The molecule has 19 heavy (non-hydrogen) atoms. The Hall–Kier alpha value is -0.970. The Morgan fingerprint density at radius 3 is 2.53 bits per heavy atom. The molecule has 0 saturated heterocycles. The second-order valence-corrected chi connectivity index (χ2v) is 5.43. The second kappa shape index (κ2) is 9.02. The van der Waals surface area contributed by atoms with Gasteiger partial charge in [0, 0.05) is 38.6 Å². The predicted molar refractivity (Wildman–Crippen MR) is 79.1 cm³/mol. The Kier molecular flexibility index (Phi) is 7.63. The maximum Gasteiger partial charge on any atom is 0.0630 e. The van der Waals surface area contributed by atoms with Crippen LogP contribution in [0.5, 0.6) is 0 Å². The van der Waals surface area contributed by atoms with E-state index in [2.05, 4.69) is 48.2 Å². The summed E-state index contributed by atoms with van der Waals surface area (Å²) >= 11 is 0. The van der Waals surface area contributed by atoms with Crippen molar-refractivity contribution < 1.29 is 4.74 Å². The Labute approximate surface area is 117 Å². The van der Waals surface area contributed by atoms with E-state index in [1.807, 2.05) is 12.4 Å². The molecule has 0 fully saturated rings. The number of ether oxygens (including phenoxy) is 1. The normalized spacial score (nSPS) is 13.2. The van der Waals surface area contributed by atoms with Gasteiger partial charge in [0.15, 0.2) is 0 Å². The summed E-state index contributed by atoms with van der Waals surface area (Å²) in [6.45, 7) is 8.10. The fourth-order valence-electron chi connectivity index (χ4n) is 1.98. The van der Waals surface area contributed by atoms with Crippen LogP contribution >= 0.6 is 0 Å². The molecular formula is C15H27N3O. The van der Waals surface area contributed by atoms with Crippen molar-refractivity contribution in [2.75, 3.05) is 33.9 Å². The van der Waals surface area contributed by atoms with Gasteiger partial charge >= 0.3 is 0 Å². The lowest BCUT2D eigenvalue weighted by molar-refractivity contribution is 0.101. The van der Waals surface area contributed by atoms with Crippen LogP contribution in [0.4, 0.5) is 0 Å². The van der Waals surface area contributed by atoms with E-state index < -0.39 is 0 Å². The van der Waals surface area contributed by atoms with Crippen molar-refractivity contribution in [2.45, 2.75) is 26.4 Å². The monoisotopic (exact) mass is 265 g/mol. The molecule has 1 N–H and O–H groups in total. The van der Waals surface area contributed by atoms with Crippen molar-refractivity contribution in [3.63, 3.8) is 0 Å². The highest BCUT2D eigenvalue weighted by Gasteiger charge is 2.14. The van der Waals surface area contributed by atoms with Crippen molar-refractivity contribution in [2.24, 2.45) is 5.92 Å². The van der Waals surface area contributed by atoms with E-state index in [4.69, 9.17) is 4.74 Å². The standard InChI is InChI=1S/C15H27N3O/c1-13(2)9-17-10-15(12-19-4)18(3)11-14-5-7-16-8-6-14/h5-8,13,15,17H,9-12H2,1-4H3. The molecule has 0 aliphatic heterocycles. The molecule has 0 spiro atoms. The van der Waals surface area contributed by atoms with Crippen molar-refractivity contribution in [3.8, 4) is 0 Å². The van der Waals surface area contributed by atoms with Gasteiger partial charge in [0.25, 0.3) is 0 Å². The molecule has 1 heterocycles. The van der Waals surface area contributed by atoms with E-state index in [1.165, 1.54) is 5.56 Å². The minimum Gasteiger partial charge on any atom is -0.383 e. The Morgan fingerprint density at radius 1 is 1.26 bits per heavy atom. The van der Waals surface area contributed by atoms with E-state index in [0.717, 1.165) is 26.2 Å². The van der Waals surface area contributed by atoms with Crippen molar-refractivity contribution in [1.82, 2.24) is 15.2 Å². The third-order valence-electron chi connectivity index (χ3n) is 3.10. The van der Waals surface area contributed by atoms with Gasteiger partial charge in [0.1, 0.15) is 0 Å². The Bertz CT molecular complexity index is 329. The van der Waals surface area contributed by atoms with E-state index in [9.17, 15) is 0 Å². The number of rotatable bonds is 9. The molecule has 0 saturated carbocycles. The van der Waals surface area contributed by atoms with Gasteiger partial charge in [-0.2, -0.15) is 0 Å². The molecule has 0 aliphatic carbocycles. The van der Waals surface area contributed by atoms with E-state index in [1.54, 1.807) is 7.11 Å². The number of hydrogen-bond donors (Lipinski definition) is 1. The van der Waals surface area contributed by atoms with Crippen molar-refractivity contribution in [1.29, 1.82) is 0 Å². The summed E-state index contributed by atoms with van der Waals surface area (Å²) in [4.78, 5) is 6.37. The van der Waals surface area contributed by atoms with Crippen molar-refractivity contribution >= 4 is 0 Å². The molecule has 0 bridgehead atoms. The molecule has 0 aromatic carbocycles. The number of aromatic nitrogens is 1. The van der Waals surface area contributed by atoms with Gasteiger partial charge in [0.05, 0.1) is 6.61 Å². The average Bonchev–Trinajstić information content (AvgIpc) is 2.38. The Balaban J connectivity index is 2.45. The minimum atomic E-state index is 0.386. The number of nitrogens with zero attached hydrogens (tertiary/aromatic N) is 2. The molecule has 108 valence electrons. The number of likely N-dealkylation sites (N-methyl/N-ethyl adjacent to an activating group) is 1. The van der Waals surface area contributed by atoms with E-state index >= 15 is 0 Å². The lowest BCUT2D eigenvalue weighted by Gasteiger charge is -2.28. The highest BCUT2D eigenvalue weighted by Crippen LogP contribution is 2.05. The van der Waals surface area contributed by atoms with Crippen molar-refractivity contribution in [3.05, 3.63) is 30.1 Å². The third kappa shape index (κ3) is 6.66. The fraction of sp³-hybridized carbons (Fsp3) is 0.667. The van der Waals surface area contributed by atoms with Crippen LogP contribution in [0.25, 0.3) is 0 Å². The van der Waals surface area contributed by atoms with E-state index in [0.29, 0.717) is 12.0 Å². The summed E-state index contributed by atoms with van der Waals surface area (Å²) in [5, 5.41) is 3.50. The van der Waals surface area contributed by atoms with Gasteiger partial charge in [-0.1, -0.05) is 13.8 Å². The van der Waals surface area contributed by atoms with Crippen LogP contribution in [0, 0.1) is 5.92 Å². The van der Waals surface area contributed by atoms with Gasteiger partial charge in [-0.05, 0) is 37.2 Å². The van der Waals surface area contributed by atoms with Crippen LogP contribution in [0.15, 0.2) is 24.5 Å². The summed E-state index contributed by atoms with van der Waals surface area (Å²) in [5.41, 5.74) is 1.28. The van der Waals surface area contributed by atoms with Gasteiger partial charge < -0.3 is 10.1 Å². The summed E-state index contributed by atoms with van der Waals surface area (Å²) in [6.07, 6.45) is 3.68. The zero-order chi connectivity index (χ0) is 14.1. The molecule has 1 unspecified atom stereocenters. The van der Waals surface area contributed by atoms with Gasteiger partial charge in [0.2, 0.25) is 0 Å². The lowest BCUT2D eigenvalue weighted by atomic mass is 10.2. The highest BCUT2D eigenvalue weighted by atomic mass is 16.5. The molecule has 0 radical (unpaired) electrons. The molecule has 0 aliphatic rings. The molecule has 0 amide bonds. The maximum atomic E-state index is 5.33. The maximum absolute atomic E-state index is 5.33. The average molecular weight is 265 g/mol. The number of hydrogen-bond acceptors (Lipinski definition) is 4. The van der Waals surface area contributed by atoms with Gasteiger partial charge in [-0.25, -0.2) is 0 Å². The van der Waals surface area contributed by atoms with Crippen LogP contribution in [-0.4, -0.2) is 49.8 Å². The first kappa shape index (κ1) is 16.1. The number of nitrogens with one attached hydrogen (secondary N) is 1. The summed E-state index contributed by atoms with van der Waals surface area (Å²) < 4.78 is 5.33.